The Balaban J connectivity index is 1.45. The van der Waals surface area contributed by atoms with Crippen molar-refractivity contribution >= 4 is 30.0 Å². The van der Waals surface area contributed by atoms with Gasteiger partial charge in [0.1, 0.15) is 5.76 Å². The third-order valence-corrected chi connectivity index (χ3v) is 5.37. The highest BCUT2D eigenvalue weighted by molar-refractivity contribution is 7.99. The number of aromatic nitrogens is 3. The Hall–Kier alpha value is -3.91. The van der Waals surface area contributed by atoms with Gasteiger partial charge in [-0.25, -0.2) is 5.43 Å². The van der Waals surface area contributed by atoms with Crippen LogP contribution in [0.25, 0.3) is 23.2 Å². The maximum absolute atomic E-state index is 12.2. The first kappa shape index (κ1) is 21.3. The van der Waals surface area contributed by atoms with Crippen molar-refractivity contribution in [3.63, 3.8) is 0 Å². The molecule has 0 spiro atoms. The van der Waals surface area contributed by atoms with E-state index in [9.17, 15) is 4.79 Å². The number of thioether (sulfide) groups is 1. The summed E-state index contributed by atoms with van der Waals surface area (Å²) in [6, 6.07) is 21.6. The lowest BCUT2D eigenvalue weighted by Crippen LogP contribution is -2.19. The number of amides is 1. The Labute approximate surface area is 189 Å². The number of hydrogen-bond donors (Lipinski definition) is 1. The van der Waals surface area contributed by atoms with Crippen LogP contribution in [0, 0.1) is 6.92 Å². The Morgan fingerprint density at radius 3 is 2.66 bits per heavy atom. The molecule has 4 aromatic rings. The summed E-state index contributed by atoms with van der Waals surface area (Å²) in [6.45, 7) is 2.04. The second kappa shape index (κ2) is 10.4. The fourth-order valence-electron chi connectivity index (χ4n) is 2.90. The number of carbonyl (C=O) groups is 1. The second-order valence-electron chi connectivity index (χ2n) is 6.82. The lowest BCUT2D eigenvalue weighted by Gasteiger charge is -2.10. The summed E-state index contributed by atoms with van der Waals surface area (Å²) >= 11 is 1.30. The van der Waals surface area contributed by atoms with Gasteiger partial charge in [-0.3, -0.25) is 9.36 Å². The quantitative estimate of drug-likeness (QED) is 0.241. The zero-order chi connectivity index (χ0) is 22.2. The SMILES string of the molecule is Cc1ccc(-n2c(SCC(=O)N/N=C\C=C\c3ccco3)nnc2-c2ccccc2)cc1. The molecule has 2 aromatic carbocycles. The van der Waals surface area contributed by atoms with Crippen LogP contribution in [0.3, 0.4) is 0 Å². The number of allylic oxidation sites excluding steroid dienone is 1. The normalized spacial score (nSPS) is 11.4. The number of nitrogens with one attached hydrogen (secondary N) is 1. The molecule has 0 aliphatic carbocycles. The van der Waals surface area contributed by atoms with Crippen LogP contribution >= 0.6 is 11.8 Å². The van der Waals surface area contributed by atoms with E-state index in [0.717, 1.165) is 22.6 Å². The van der Waals surface area contributed by atoms with Gasteiger partial charge in [0.25, 0.3) is 5.91 Å². The van der Waals surface area contributed by atoms with Gasteiger partial charge in [-0.05, 0) is 43.3 Å². The van der Waals surface area contributed by atoms with E-state index < -0.39 is 0 Å². The summed E-state index contributed by atoms with van der Waals surface area (Å²) < 4.78 is 7.14. The van der Waals surface area contributed by atoms with Crippen LogP contribution in [0.2, 0.25) is 0 Å². The van der Waals surface area contributed by atoms with Crippen molar-refractivity contribution in [1.82, 2.24) is 20.2 Å². The number of hydrogen-bond acceptors (Lipinski definition) is 6. The molecule has 2 aromatic heterocycles. The molecule has 0 fully saturated rings. The van der Waals surface area contributed by atoms with Crippen molar-refractivity contribution in [3.8, 4) is 17.1 Å². The summed E-state index contributed by atoms with van der Waals surface area (Å²) in [5.74, 6) is 1.34. The van der Waals surface area contributed by atoms with Gasteiger partial charge in [0.05, 0.1) is 12.0 Å². The van der Waals surface area contributed by atoms with E-state index in [1.807, 2.05) is 72.2 Å². The fourth-order valence-corrected chi connectivity index (χ4v) is 3.65. The van der Waals surface area contributed by atoms with Crippen molar-refractivity contribution < 1.29 is 9.21 Å². The van der Waals surface area contributed by atoms with Gasteiger partial charge >= 0.3 is 0 Å². The van der Waals surface area contributed by atoms with Gasteiger partial charge in [-0.15, -0.1) is 10.2 Å². The van der Waals surface area contributed by atoms with Crippen LogP contribution < -0.4 is 5.43 Å². The van der Waals surface area contributed by atoms with Crippen LogP contribution in [-0.2, 0) is 4.79 Å². The molecule has 0 atom stereocenters. The van der Waals surface area contributed by atoms with Crippen molar-refractivity contribution in [1.29, 1.82) is 0 Å². The lowest BCUT2D eigenvalue weighted by molar-refractivity contribution is -0.118. The molecule has 1 amide bonds. The highest BCUT2D eigenvalue weighted by Crippen LogP contribution is 2.28. The molecule has 1 N–H and O–H groups in total. The highest BCUT2D eigenvalue weighted by atomic mass is 32.2. The third-order valence-electron chi connectivity index (χ3n) is 4.44. The largest absolute Gasteiger partial charge is 0.465 e. The topological polar surface area (TPSA) is 85.3 Å². The average Bonchev–Trinajstić information content (AvgIpc) is 3.49. The Morgan fingerprint density at radius 2 is 1.91 bits per heavy atom. The summed E-state index contributed by atoms with van der Waals surface area (Å²) in [6.07, 6.45) is 6.52. The minimum atomic E-state index is -0.239. The maximum atomic E-state index is 12.2. The number of benzene rings is 2. The molecule has 0 saturated heterocycles. The summed E-state index contributed by atoms with van der Waals surface area (Å²) in [4.78, 5) is 12.2. The monoisotopic (exact) mass is 443 g/mol. The minimum Gasteiger partial charge on any atom is -0.465 e. The van der Waals surface area contributed by atoms with Crippen LogP contribution in [0.4, 0.5) is 0 Å². The molecule has 0 bridgehead atoms. The lowest BCUT2D eigenvalue weighted by atomic mass is 10.2. The maximum Gasteiger partial charge on any atom is 0.250 e. The Kier molecular flexibility index (Phi) is 6.94. The van der Waals surface area contributed by atoms with E-state index in [-0.39, 0.29) is 11.7 Å². The molecule has 0 aliphatic heterocycles. The Morgan fingerprint density at radius 1 is 1.09 bits per heavy atom. The second-order valence-corrected chi connectivity index (χ2v) is 7.76. The van der Waals surface area contributed by atoms with Crippen LogP contribution in [0.15, 0.2) is 93.7 Å². The smallest absolute Gasteiger partial charge is 0.250 e. The van der Waals surface area contributed by atoms with Crippen LogP contribution in [-0.4, -0.2) is 32.6 Å². The molecule has 0 saturated carbocycles. The van der Waals surface area contributed by atoms with Crippen molar-refractivity contribution in [3.05, 3.63) is 90.4 Å². The first-order chi connectivity index (χ1) is 15.7. The standard InChI is InChI=1S/C24H21N5O2S/c1-18-11-13-20(14-12-18)29-23(19-7-3-2-4-8-19)27-28-24(29)32-17-22(30)26-25-15-5-9-21-10-6-16-31-21/h2-16H,17H2,1H3,(H,26,30)/b9-5+,25-15-. The number of furan rings is 1. The van der Waals surface area contributed by atoms with Crippen LogP contribution in [0.1, 0.15) is 11.3 Å². The molecule has 0 unspecified atom stereocenters. The summed E-state index contributed by atoms with van der Waals surface area (Å²) in [5, 5.41) is 13.3. The number of hydrazone groups is 1. The summed E-state index contributed by atoms with van der Waals surface area (Å²) in [7, 11) is 0. The zero-order valence-electron chi connectivity index (χ0n) is 17.4. The average molecular weight is 444 g/mol. The van der Waals surface area contributed by atoms with Crippen molar-refractivity contribution in [2.75, 3.05) is 5.75 Å². The van der Waals surface area contributed by atoms with Crippen LogP contribution in [0.5, 0.6) is 0 Å². The van der Waals surface area contributed by atoms with Gasteiger partial charge in [0, 0.05) is 17.5 Å². The molecule has 4 rings (SSSR count). The molecule has 8 heteroatoms. The fraction of sp³-hybridized carbons (Fsp3) is 0.0833. The first-order valence-corrected chi connectivity index (χ1v) is 10.9. The molecular weight excluding hydrogens is 422 g/mol. The molecule has 2 heterocycles. The Bertz CT molecular complexity index is 1210. The number of carbonyl (C=O) groups excluding carboxylic acids is 1. The molecule has 160 valence electrons. The van der Waals surface area contributed by atoms with Gasteiger partial charge in [0.2, 0.25) is 0 Å². The molecule has 32 heavy (non-hydrogen) atoms. The number of aryl methyl sites for hydroxylation is 1. The summed E-state index contributed by atoms with van der Waals surface area (Å²) in [5.41, 5.74) is 5.55. The van der Waals surface area contributed by atoms with Gasteiger partial charge in [-0.2, -0.15) is 5.10 Å². The van der Waals surface area contributed by atoms with E-state index in [0.29, 0.717) is 10.9 Å². The third kappa shape index (κ3) is 5.41. The van der Waals surface area contributed by atoms with Gasteiger partial charge in [-0.1, -0.05) is 59.8 Å². The minimum absolute atomic E-state index is 0.151. The van der Waals surface area contributed by atoms with E-state index >= 15 is 0 Å². The van der Waals surface area contributed by atoms with Gasteiger partial charge in [0.15, 0.2) is 11.0 Å². The highest BCUT2D eigenvalue weighted by Gasteiger charge is 2.17. The zero-order valence-corrected chi connectivity index (χ0v) is 18.2. The van der Waals surface area contributed by atoms with E-state index in [1.165, 1.54) is 18.0 Å². The van der Waals surface area contributed by atoms with E-state index in [2.05, 4.69) is 20.7 Å². The predicted molar refractivity (Wildman–Crippen MR) is 127 cm³/mol. The number of nitrogens with zero attached hydrogens (tertiary/aromatic N) is 4. The van der Waals surface area contributed by atoms with E-state index in [1.54, 1.807) is 24.5 Å². The molecule has 0 radical (unpaired) electrons. The number of rotatable bonds is 8. The van der Waals surface area contributed by atoms with Crippen molar-refractivity contribution in [2.24, 2.45) is 5.10 Å². The first-order valence-electron chi connectivity index (χ1n) is 9.93. The van der Waals surface area contributed by atoms with Crippen molar-refractivity contribution in [2.45, 2.75) is 12.1 Å². The molecular formula is C24H21N5O2S. The van der Waals surface area contributed by atoms with Gasteiger partial charge < -0.3 is 4.42 Å². The van der Waals surface area contributed by atoms with E-state index in [4.69, 9.17) is 4.42 Å². The predicted octanol–water partition coefficient (Wildman–Crippen LogP) is 4.74. The molecule has 0 aliphatic rings. The molecule has 7 nitrogen and oxygen atoms in total.